The van der Waals surface area contributed by atoms with E-state index in [1.807, 2.05) is 6.92 Å². The molecule has 1 aromatic heterocycles. The maximum Gasteiger partial charge on any atom is 0.338 e. The number of ether oxygens (including phenoxy) is 1. The molecular formula is C13H16N2O4. The van der Waals surface area contributed by atoms with Crippen LogP contribution in [0, 0.1) is 5.92 Å². The zero-order chi connectivity index (χ0) is 14.0. The van der Waals surface area contributed by atoms with Crippen LogP contribution in [0.25, 0.3) is 0 Å². The van der Waals surface area contributed by atoms with E-state index < -0.39 is 18.0 Å². The van der Waals surface area contributed by atoms with E-state index in [-0.39, 0.29) is 5.92 Å². The van der Waals surface area contributed by atoms with Crippen LogP contribution in [-0.2, 0) is 9.53 Å². The average Bonchev–Trinajstić information content (AvgIpc) is 2.80. The molecule has 2 rings (SSSR count). The van der Waals surface area contributed by atoms with Gasteiger partial charge in [-0.3, -0.25) is 0 Å². The summed E-state index contributed by atoms with van der Waals surface area (Å²) in [5, 5.41) is 9.28. The first-order valence-corrected chi connectivity index (χ1v) is 6.08. The molecule has 1 aliphatic heterocycles. The molecule has 6 heteroatoms. The largest absolute Gasteiger partial charge is 0.480 e. The molecule has 1 fully saturated rings. The zero-order valence-corrected chi connectivity index (χ0v) is 10.9. The fourth-order valence-electron chi connectivity index (χ4n) is 2.40. The van der Waals surface area contributed by atoms with E-state index >= 15 is 0 Å². The van der Waals surface area contributed by atoms with Crippen molar-refractivity contribution < 1.29 is 19.4 Å². The minimum atomic E-state index is -0.865. The fourth-order valence-corrected chi connectivity index (χ4v) is 2.40. The van der Waals surface area contributed by atoms with Crippen molar-refractivity contribution >= 4 is 17.8 Å². The summed E-state index contributed by atoms with van der Waals surface area (Å²) in [6.45, 7) is 2.53. The normalized spacial score (nSPS) is 22.3. The summed E-state index contributed by atoms with van der Waals surface area (Å²) in [5.74, 6) is -0.765. The molecule has 0 amide bonds. The molecule has 0 spiro atoms. The van der Waals surface area contributed by atoms with E-state index in [1.54, 1.807) is 17.0 Å². The van der Waals surface area contributed by atoms with E-state index in [0.717, 1.165) is 6.42 Å². The molecule has 0 aliphatic carbocycles. The van der Waals surface area contributed by atoms with Gasteiger partial charge in [0, 0.05) is 12.7 Å². The Morgan fingerprint density at radius 3 is 2.89 bits per heavy atom. The number of carboxylic acids is 1. The van der Waals surface area contributed by atoms with Crippen LogP contribution in [0.5, 0.6) is 0 Å². The molecule has 19 heavy (non-hydrogen) atoms. The maximum absolute atomic E-state index is 11.5. The predicted molar refractivity (Wildman–Crippen MR) is 68.1 cm³/mol. The Kier molecular flexibility index (Phi) is 3.69. The van der Waals surface area contributed by atoms with Gasteiger partial charge in [0.25, 0.3) is 0 Å². The summed E-state index contributed by atoms with van der Waals surface area (Å²) in [6.07, 6.45) is 2.28. The lowest BCUT2D eigenvalue weighted by molar-refractivity contribution is -0.139. The number of anilines is 1. The van der Waals surface area contributed by atoms with E-state index in [0.29, 0.717) is 17.9 Å². The maximum atomic E-state index is 11.5. The van der Waals surface area contributed by atoms with Crippen LogP contribution in [-0.4, -0.2) is 41.7 Å². The van der Waals surface area contributed by atoms with Crippen LogP contribution in [0.3, 0.4) is 0 Å². The van der Waals surface area contributed by atoms with Crippen molar-refractivity contribution in [3.8, 4) is 0 Å². The van der Waals surface area contributed by atoms with E-state index in [1.165, 1.54) is 13.3 Å². The van der Waals surface area contributed by atoms with Gasteiger partial charge in [0.2, 0.25) is 0 Å². The van der Waals surface area contributed by atoms with Crippen LogP contribution >= 0.6 is 0 Å². The van der Waals surface area contributed by atoms with Crippen molar-refractivity contribution in [2.75, 3.05) is 18.6 Å². The quantitative estimate of drug-likeness (QED) is 0.825. The Hall–Kier alpha value is -2.11. The third-order valence-electron chi connectivity index (χ3n) is 3.41. The number of aromatic nitrogens is 1. The van der Waals surface area contributed by atoms with Gasteiger partial charge >= 0.3 is 11.9 Å². The van der Waals surface area contributed by atoms with E-state index in [4.69, 9.17) is 0 Å². The number of hydrogen-bond acceptors (Lipinski definition) is 5. The highest BCUT2D eigenvalue weighted by atomic mass is 16.5. The third kappa shape index (κ3) is 2.52. The number of carboxylic acid groups (broad SMARTS) is 1. The second-order valence-electron chi connectivity index (χ2n) is 4.64. The van der Waals surface area contributed by atoms with Gasteiger partial charge in [-0.1, -0.05) is 6.92 Å². The second kappa shape index (κ2) is 5.26. The van der Waals surface area contributed by atoms with Crippen LogP contribution in [0.4, 0.5) is 5.82 Å². The molecule has 2 unspecified atom stereocenters. The van der Waals surface area contributed by atoms with Crippen molar-refractivity contribution in [2.45, 2.75) is 19.4 Å². The zero-order valence-electron chi connectivity index (χ0n) is 10.9. The second-order valence-corrected chi connectivity index (χ2v) is 4.64. The molecule has 1 aliphatic rings. The standard InChI is InChI=1S/C13H16N2O4/c1-8-4-6-15(11(8)12(16)17)10-7-9(3-5-14-10)13(18)19-2/h3,5,7-8,11H,4,6H2,1-2H3,(H,16,17). The van der Waals surface area contributed by atoms with E-state index in [9.17, 15) is 14.7 Å². The minimum absolute atomic E-state index is 0.0566. The molecule has 1 N–H and O–H groups in total. The number of nitrogens with zero attached hydrogens (tertiary/aromatic N) is 2. The van der Waals surface area contributed by atoms with Crippen LogP contribution < -0.4 is 4.90 Å². The van der Waals surface area contributed by atoms with Gasteiger partial charge in [0.1, 0.15) is 11.9 Å². The number of methoxy groups -OCH3 is 1. The van der Waals surface area contributed by atoms with Gasteiger partial charge < -0.3 is 14.7 Å². The molecule has 1 saturated heterocycles. The van der Waals surface area contributed by atoms with Gasteiger partial charge in [0.15, 0.2) is 0 Å². The van der Waals surface area contributed by atoms with Crippen LogP contribution in [0.2, 0.25) is 0 Å². The number of carbonyl (C=O) groups is 2. The lowest BCUT2D eigenvalue weighted by Crippen LogP contribution is -2.39. The van der Waals surface area contributed by atoms with Gasteiger partial charge in [-0.05, 0) is 24.5 Å². The first-order valence-electron chi connectivity index (χ1n) is 6.08. The molecule has 6 nitrogen and oxygen atoms in total. The number of pyridine rings is 1. The smallest absolute Gasteiger partial charge is 0.338 e. The van der Waals surface area contributed by atoms with Crippen molar-refractivity contribution in [1.29, 1.82) is 0 Å². The number of carbonyl (C=O) groups excluding carboxylic acids is 1. The van der Waals surface area contributed by atoms with Crippen molar-refractivity contribution in [1.82, 2.24) is 4.98 Å². The summed E-state index contributed by atoms with van der Waals surface area (Å²) < 4.78 is 4.65. The highest BCUT2D eigenvalue weighted by Crippen LogP contribution is 2.29. The third-order valence-corrected chi connectivity index (χ3v) is 3.41. The van der Waals surface area contributed by atoms with Gasteiger partial charge in [-0.2, -0.15) is 0 Å². The first-order chi connectivity index (χ1) is 9.04. The predicted octanol–water partition coefficient (Wildman–Crippen LogP) is 1.17. The summed E-state index contributed by atoms with van der Waals surface area (Å²) in [4.78, 5) is 28.7. The average molecular weight is 264 g/mol. The topological polar surface area (TPSA) is 79.7 Å². The molecule has 1 aromatic rings. The van der Waals surface area contributed by atoms with Crippen LogP contribution in [0.1, 0.15) is 23.7 Å². The molecule has 0 bridgehead atoms. The Morgan fingerprint density at radius 1 is 1.53 bits per heavy atom. The van der Waals surface area contributed by atoms with Crippen molar-refractivity contribution in [3.05, 3.63) is 23.9 Å². The SMILES string of the molecule is COC(=O)c1ccnc(N2CCC(C)C2C(=O)O)c1. The minimum Gasteiger partial charge on any atom is -0.480 e. The van der Waals surface area contributed by atoms with Crippen molar-refractivity contribution in [2.24, 2.45) is 5.92 Å². The summed E-state index contributed by atoms with van der Waals surface area (Å²) in [6, 6.07) is 2.52. The molecule has 2 heterocycles. The summed E-state index contributed by atoms with van der Waals surface area (Å²) >= 11 is 0. The highest BCUT2D eigenvalue weighted by molar-refractivity contribution is 5.90. The number of aliphatic carboxylic acids is 1. The lowest BCUT2D eigenvalue weighted by Gasteiger charge is -2.24. The Labute approximate surface area is 111 Å². The van der Waals surface area contributed by atoms with Crippen molar-refractivity contribution in [3.63, 3.8) is 0 Å². The highest BCUT2D eigenvalue weighted by Gasteiger charge is 2.37. The summed E-state index contributed by atoms with van der Waals surface area (Å²) in [5.41, 5.74) is 0.371. The first kappa shape index (κ1) is 13.3. The lowest BCUT2D eigenvalue weighted by atomic mass is 10.0. The Morgan fingerprint density at radius 2 is 2.26 bits per heavy atom. The van der Waals surface area contributed by atoms with E-state index in [2.05, 4.69) is 9.72 Å². The van der Waals surface area contributed by atoms with Gasteiger partial charge in [-0.15, -0.1) is 0 Å². The summed E-state index contributed by atoms with van der Waals surface area (Å²) in [7, 11) is 1.31. The number of rotatable bonds is 3. The Balaban J connectivity index is 2.31. The number of hydrogen-bond donors (Lipinski definition) is 1. The molecule has 0 saturated carbocycles. The van der Waals surface area contributed by atoms with Gasteiger partial charge in [0.05, 0.1) is 12.7 Å². The Bertz CT molecular complexity index is 503. The molecule has 102 valence electrons. The monoisotopic (exact) mass is 264 g/mol. The number of esters is 1. The fraction of sp³-hybridized carbons (Fsp3) is 0.462. The molecule has 0 radical (unpaired) electrons. The van der Waals surface area contributed by atoms with Gasteiger partial charge in [-0.25, -0.2) is 14.6 Å². The van der Waals surface area contributed by atoms with Crippen LogP contribution in [0.15, 0.2) is 18.3 Å². The molecule has 2 atom stereocenters. The molecule has 0 aromatic carbocycles. The molecular weight excluding hydrogens is 248 g/mol.